The lowest BCUT2D eigenvalue weighted by molar-refractivity contribution is 0.599. The third kappa shape index (κ3) is 5.07. The van der Waals surface area contributed by atoms with Gasteiger partial charge in [-0.1, -0.05) is 47.5 Å². The van der Waals surface area contributed by atoms with Crippen molar-refractivity contribution in [2.75, 3.05) is 9.44 Å². The maximum absolute atomic E-state index is 13.2. The first-order valence-corrected chi connectivity index (χ1v) is 14.3. The van der Waals surface area contributed by atoms with E-state index in [4.69, 9.17) is 0 Å². The number of hydrogen-bond acceptors (Lipinski definition) is 5. The number of aromatic nitrogens is 2. The standard InChI is InChI=1S/C27H24N4O4S2/c1-19-7-12-22(13-8-19)36(32,33)29-24-16-11-21(31-18-28-25-5-3-4-6-27(25)31)17-26(24)30-37(34,35)23-14-9-20(2)10-15-23/h3-18,29-30H,1-2H3. The van der Waals surface area contributed by atoms with Crippen molar-refractivity contribution in [3.05, 3.63) is 108 Å². The Hall–Kier alpha value is -4.15. The Morgan fingerprint density at radius 1 is 0.649 bits per heavy atom. The van der Waals surface area contributed by atoms with E-state index in [1.54, 1.807) is 47.3 Å². The van der Waals surface area contributed by atoms with E-state index in [-0.39, 0.29) is 21.2 Å². The summed E-state index contributed by atoms with van der Waals surface area (Å²) in [7, 11) is -8.00. The Morgan fingerprint density at radius 2 is 1.19 bits per heavy atom. The monoisotopic (exact) mass is 532 g/mol. The van der Waals surface area contributed by atoms with Crippen molar-refractivity contribution in [1.82, 2.24) is 9.55 Å². The van der Waals surface area contributed by atoms with Gasteiger partial charge in [0.15, 0.2) is 0 Å². The van der Waals surface area contributed by atoms with Crippen LogP contribution in [0.2, 0.25) is 0 Å². The molecule has 0 unspecified atom stereocenters. The predicted molar refractivity (Wildman–Crippen MR) is 145 cm³/mol. The zero-order chi connectivity index (χ0) is 26.2. The van der Waals surface area contributed by atoms with E-state index in [0.717, 1.165) is 22.2 Å². The summed E-state index contributed by atoms with van der Waals surface area (Å²) in [5, 5.41) is 0. The zero-order valence-corrected chi connectivity index (χ0v) is 21.7. The van der Waals surface area contributed by atoms with Crippen LogP contribution in [0.5, 0.6) is 0 Å². The predicted octanol–water partition coefficient (Wildman–Crippen LogP) is 5.24. The molecule has 10 heteroatoms. The molecule has 0 spiro atoms. The molecule has 0 bridgehead atoms. The molecule has 0 aliphatic rings. The van der Waals surface area contributed by atoms with Gasteiger partial charge in [-0.25, -0.2) is 21.8 Å². The molecule has 8 nitrogen and oxygen atoms in total. The second-order valence-electron chi connectivity index (χ2n) is 8.67. The number of fused-ring (bicyclic) bond motifs is 1. The van der Waals surface area contributed by atoms with Gasteiger partial charge in [-0.2, -0.15) is 0 Å². The Bertz CT molecular complexity index is 1810. The molecule has 188 valence electrons. The third-order valence-corrected chi connectivity index (χ3v) is 8.65. The van der Waals surface area contributed by atoms with Crippen LogP contribution in [0.25, 0.3) is 16.7 Å². The van der Waals surface area contributed by atoms with E-state index >= 15 is 0 Å². The molecule has 5 rings (SSSR count). The van der Waals surface area contributed by atoms with Crippen LogP contribution < -0.4 is 9.44 Å². The van der Waals surface area contributed by atoms with Gasteiger partial charge in [0, 0.05) is 5.69 Å². The molecule has 0 radical (unpaired) electrons. The summed E-state index contributed by atoms with van der Waals surface area (Å²) in [4.78, 5) is 4.52. The molecule has 0 saturated heterocycles. The summed E-state index contributed by atoms with van der Waals surface area (Å²) in [6.07, 6.45) is 1.63. The van der Waals surface area contributed by atoms with Gasteiger partial charge in [0.05, 0.1) is 32.2 Å². The summed E-state index contributed by atoms with van der Waals surface area (Å²) in [5.74, 6) is 0. The molecular formula is C27H24N4O4S2. The molecule has 2 N–H and O–H groups in total. The molecule has 0 fully saturated rings. The number of aryl methyl sites for hydroxylation is 2. The van der Waals surface area contributed by atoms with E-state index in [2.05, 4.69) is 14.4 Å². The fourth-order valence-electron chi connectivity index (χ4n) is 3.86. The first-order chi connectivity index (χ1) is 17.6. The van der Waals surface area contributed by atoms with E-state index < -0.39 is 20.0 Å². The SMILES string of the molecule is Cc1ccc(S(=O)(=O)Nc2ccc(-n3cnc4ccccc43)cc2NS(=O)(=O)c2ccc(C)cc2)cc1. The highest BCUT2D eigenvalue weighted by molar-refractivity contribution is 7.93. The lowest BCUT2D eigenvalue weighted by Gasteiger charge is -2.17. The molecule has 0 saturated carbocycles. The Morgan fingerprint density at radius 3 is 1.78 bits per heavy atom. The molecule has 4 aromatic carbocycles. The minimum Gasteiger partial charge on any atom is -0.299 e. The number of sulfonamides is 2. The van der Waals surface area contributed by atoms with Gasteiger partial charge in [0.25, 0.3) is 20.0 Å². The van der Waals surface area contributed by atoms with Gasteiger partial charge >= 0.3 is 0 Å². The number of benzene rings is 4. The fraction of sp³-hybridized carbons (Fsp3) is 0.0741. The first kappa shape index (κ1) is 24.5. The maximum atomic E-state index is 13.2. The molecule has 0 aliphatic heterocycles. The lowest BCUT2D eigenvalue weighted by Crippen LogP contribution is -2.18. The summed E-state index contributed by atoms with van der Waals surface area (Å²) in [5.41, 5.74) is 4.20. The number of imidazole rings is 1. The number of rotatable bonds is 7. The van der Waals surface area contributed by atoms with Crippen LogP contribution in [0.1, 0.15) is 11.1 Å². The van der Waals surface area contributed by atoms with Crippen LogP contribution >= 0.6 is 0 Å². The van der Waals surface area contributed by atoms with E-state index in [9.17, 15) is 16.8 Å². The number of anilines is 2. The average Bonchev–Trinajstić information content (AvgIpc) is 3.30. The Balaban J connectivity index is 1.60. The second-order valence-corrected chi connectivity index (χ2v) is 12.0. The second kappa shape index (κ2) is 9.38. The van der Waals surface area contributed by atoms with Crippen molar-refractivity contribution < 1.29 is 16.8 Å². The summed E-state index contributed by atoms with van der Waals surface area (Å²) >= 11 is 0. The van der Waals surface area contributed by atoms with Crippen LogP contribution in [-0.2, 0) is 20.0 Å². The largest absolute Gasteiger partial charge is 0.299 e. The van der Waals surface area contributed by atoms with E-state index in [0.29, 0.717) is 5.69 Å². The van der Waals surface area contributed by atoms with Crippen molar-refractivity contribution in [3.63, 3.8) is 0 Å². The highest BCUT2D eigenvalue weighted by atomic mass is 32.2. The number of para-hydroxylation sites is 2. The van der Waals surface area contributed by atoms with Crippen molar-refractivity contribution >= 4 is 42.5 Å². The molecule has 37 heavy (non-hydrogen) atoms. The quantitative estimate of drug-likeness (QED) is 0.298. The van der Waals surface area contributed by atoms with Gasteiger partial charge < -0.3 is 0 Å². The van der Waals surface area contributed by atoms with Crippen molar-refractivity contribution in [1.29, 1.82) is 0 Å². The topological polar surface area (TPSA) is 110 Å². The Labute approximate surface area is 215 Å². The smallest absolute Gasteiger partial charge is 0.261 e. The minimum atomic E-state index is -4.02. The van der Waals surface area contributed by atoms with Gasteiger partial charge in [-0.3, -0.25) is 14.0 Å². The summed E-state index contributed by atoms with van der Waals surface area (Å²) in [6.45, 7) is 3.72. The van der Waals surface area contributed by atoms with Crippen LogP contribution in [0.15, 0.2) is 107 Å². The molecule has 5 aromatic rings. The van der Waals surface area contributed by atoms with E-state index in [1.165, 1.54) is 30.3 Å². The van der Waals surface area contributed by atoms with Gasteiger partial charge in [-0.05, 0) is 68.4 Å². The van der Waals surface area contributed by atoms with Crippen LogP contribution in [0.4, 0.5) is 11.4 Å². The molecule has 0 atom stereocenters. The number of hydrogen-bond donors (Lipinski definition) is 2. The molecule has 1 aromatic heterocycles. The first-order valence-electron chi connectivity index (χ1n) is 11.4. The molecule has 1 heterocycles. The summed E-state index contributed by atoms with van der Waals surface area (Å²) in [6, 6.07) is 25.1. The average molecular weight is 533 g/mol. The van der Waals surface area contributed by atoms with Gasteiger partial charge in [0.2, 0.25) is 0 Å². The highest BCUT2D eigenvalue weighted by Crippen LogP contribution is 2.31. The summed E-state index contributed by atoms with van der Waals surface area (Å²) < 4.78 is 59.6. The highest BCUT2D eigenvalue weighted by Gasteiger charge is 2.21. The van der Waals surface area contributed by atoms with Crippen LogP contribution in [0.3, 0.4) is 0 Å². The molecule has 0 aliphatic carbocycles. The van der Waals surface area contributed by atoms with Gasteiger partial charge in [-0.15, -0.1) is 0 Å². The molecular weight excluding hydrogens is 508 g/mol. The normalized spacial score (nSPS) is 11.9. The van der Waals surface area contributed by atoms with E-state index in [1.807, 2.05) is 38.1 Å². The van der Waals surface area contributed by atoms with Crippen molar-refractivity contribution in [3.8, 4) is 5.69 Å². The number of nitrogens with one attached hydrogen (secondary N) is 2. The third-order valence-electron chi connectivity index (χ3n) is 5.89. The Kier molecular flexibility index (Phi) is 6.22. The maximum Gasteiger partial charge on any atom is 0.261 e. The fourth-order valence-corrected chi connectivity index (χ4v) is 6.01. The van der Waals surface area contributed by atoms with Crippen molar-refractivity contribution in [2.45, 2.75) is 23.6 Å². The van der Waals surface area contributed by atoms with Crippen LogP contribution in [0, 0.1) is 13.8 Å². The number of nitrogens with zero attached hydrogens (tertiary/aromatic N) is 2. The molecule has 0 amide bonds. The lowest BCUT2D eigenvalue weighted by atomic mass is 10.2. The van der Waals surface area contributed by atoms with Crippen LogP contribution in [-0.4, -0.2) is 26.4 Å². The van der Waals surface area contributed by atoms with Crippen molar-refractivity contribution in [2.24, 2.45) is 0 Å². The zero-order valence-electron chi connectivity index (χ0n) is 20.1. The van der Waals surface area contributed by atoms with Gasteiger partial charge in [0.1, 0.15) is 6.33 Å². The minimum absolute atomic E-state index is 0.0592.